The van der Waals surface area contributed by atoms with E-state index in [-0.39, 0.29) is 42.2 Å². The molecule has 1 amide bonds. The third-order valence-electron chi connectivity index (χ3n) is 6.90. The summed E-state index contributed by atoms with van der Waals surface area (Å²) in [7, 11) is 1.85. The summed E-state index contributed by atoms with van der Waals surface area (Å²) in [6, 6.07) is 0.913. The van der Waals surface area contributed by atoms with Crippen LogP contribution >= 0.6 is 24.0 Å². The van der Waals surface area contributed by atoms with Crippen molar-refractivity contribution < 1.29 is 9.53 Å². The van der Waals surface area contributed by atoms with E-state index in [2.05, 4.69) is 27.4 Å². The van der Waals surface area contributed by atoms with Gasteiger partial charge in [0.1, 0.15) is 5.60 Å². The van der Waals surface area contributed by atoms with E-state index in [1.54, 1.807) is 0 Å². The molecule has 0 aromatic rings. The van der Waals surface area contributed by atoms with Crippen molar-refractivity contribution in [3.05, 3.63) is 0 Å². The average Bonchev–Trinajstić information content (AvgIpc) is 2.97. The van der Waals surface area contributed by atoms with Gasteiger partial charge in [0.25, 0.3) is 0 Å². The van der Waals surface area contributed by atoms with Gasteiger partial charge in [-0.15, -0.1) is 24.0 Å². The molecule has 2 atom stereocenters. The SMILES string of the molecule is CCN1CCC(CCNC(=NC)NC2CC3CCC(C2)N3C(=O)OC(C)(C)C)CC1.I. The maximum atomic E-state index is 12.6. The van der Waals surface area contributed by atoms with Crippen molar-refractivity contribution in [2.24, 2.45) is 10.9 Å². The molecule has 3 rings (SSSR count). The molecular weight excluding hydrogens is 505 g/mol. The Hall–Kier alpha value is -0.770. The van der Waals surface area contributed by atoms with Gasteiger partial charge in [-0.05, 0) is 91.3 Å². The van der Waals surface area contributed by atoms with Crippen LogP contribution in [-0.2, 0) is 4.74 Å². The zero-order valence-corrected chi connectivity index (χ0v) is 22.5. The minimum Gasteiger partial charge on any atom is -0.444 e. The number of hydrogen-bond acceptors (Lipinski definition) is 4. The lowest BCUT2D eigenvalue weighted by Gasteiger charge is -2.40. The summed E-state index contributed by atoms with van der Waals surface area (Å²) in [6.07, 6.45) is 7.76. The maximum absolute atomic E-state index is 12.6. The van der Waals surface area contributed by atoms with Crippen molar-refractivity contribution in [2.75, 3.05) is 33.2 Å². The highest BCUT2D eigenvalue weighted by atomic mass is 127. The summed E-state index contributed by atoms with van der Waals surface area (Å²) in [5.41, 5.74) is -0.440. The Balaban J connectivity index is 0.00000341. The molecule has 3 heterocycles. The van der Waals surface area contributed by atoms with E-state index in [1.807, 2.05) is 32.7 Å². The molecule has 0 aromatic carbocycles. The topological polar surface area (TPSA) is 69.2 Å². The molecule has 3 fully saturated rings. The number of nitrogens with zero attached hydrogens (tertiary/aromatic N) is 3. The lowest BCUT2D eigenvalue weighted by atomic mass is 9.93. The molecule has 0 saturated carbocycles. The number of carbonyl (C=O) groups is 1. The van der Waals surface area contributed by atoms with Crippen molar-refractivity contribution in [3.8, 4) is 0 Å². The van der Waals surface area contributed by atoms with Gasteiger partial charge >= 0.3 is 6.09 Å². The van der Waals surface area contributed by atoms with Crippen LogP contribution in [-0.4, -0.2) is 78.8 Å². The first-order valence-corrected chi connectivity index (χ1v) is 12.0. The summed E-state index contributed by atoms with van der Waals surface area (Å²) in [5.74, 6) is 1.72. The first-order chi connectivity index (χ1) is 14.3. The molecule has 3 aliphatic heterocycles. The number of guanidine groups is 1. The number of hydrogen-bond donors (Lipinski definition) is 2. The average molecular weight is 550 g/mol. The van der Waals surface area contributed by atoms with E-state index >= 15 is 0 Å². The number of piperidine rings is 2. The van der Waals surface area contributed by atoms with Crippen LogP contribution in [0.4, 0.5) is 4.79 Å². The van der Waals surface area contributed by atoms with E-state index < -0.39 is 5.60 Å². The third kappa shape index (κ3) is 7.65. The van der Waals surface area contributed by atoms with Crippen LogP contribution in [0.25, 0.3) is 0 Å². The highest BCUT2D eigenvalue weighted by molar-refractivity contribution is 14.0. The second-order valence-corrected chi connectivity index (χ2v) is 10.3. The molecule has 2 bridgehead atoms. The number of ether oxygens (including phenoxy) is 1. The largest absolute Gasteiger partial charge is 0.444 e. The Morgan fingerprint density at radius 2 is 1.71 bits per heavy atom. The monoisotopic (exact) mass is 549 g/mol. The van der Waals surface area contributed by atoms with Crippen LogP contribution in [0.3, 0.4) is 0 Å². The number of halogens is 1. The molecule has 2 N–H and O–H groups in total. The van der Waals surface area contributed by atoms with Crippen LogP contribution in [0.2, 0.25) is 0 Å². The highest BCUT2D eigenvalue weighted by Gasteiger charge is 2.45. The molecule has 3 aliphatic rings. The van der Waals surface area contributed by atoms with Gasteiger partial charge in [-0.1, -0.05) is 6.92 Å². The number of rotatable bonds is 5. The van der Waals surface area contributed by atoms with Crippen molar-refractivity contribution in [3.63, 3.8) is 0 Å². The zero-order valence-electron chi connectivity index (χ0n) is 20.2. The Morgan fingerprint density at radius 3 is 2.23 bits per heavy atom. The van der Waals surface area contributed by atoms with Gasteiger partial charge in [0.2, 0.25) is 0 Å². The Bertz CT molecular complexity index is 587. The van der Waals surface area contributed by atoms with Crippen LogP contribution in [0.1, 0.15) is 72.6 Å². The molecule has 0 spiro atoms. The number of carbonyl (C=O) groups excluding carboxylic acids is 1. The van der Waals surface area contributed by atoms with Crippen LogP contribution < -0.4 is 10.6 Å². The second-order valence-electron chi connectivity index (χ2n) is 10.3. The van der Waals surface area contributed by atoms with Gasteiger partial charge in [0.05, 0.1) is 0 Å². The quantitative estimate of drug-likeness (QED) is 0.310. The van der Waals surface area contributed by atoms with Crippen LogP contribution in [0.5, 0.6) is 0 Å². The van der Waals surface area contributed by atoms with Crippen molar-refractivity contribution in [1.82, 2.24) is 20.4 Å². The fourth-order valence-electron chi connectivity index (χ4n) is 5.28. The van der Waals surface area contributed by atoms with Gasteiger partial charge in [-0.2, -0.15) is 0 Å². The Labute approximate surface area is 206 Å². The molecule has 31 heavy (non-hydrogen) atoms. The minimum absolute atomic E-state index is 0. The number of aliphatic imine (C=N–C) groups is 1. The molecule has 3 saturated heterocycles. The summed E-state index contributed by atoms with van der Waals surface area (Å²) in [4.78, 5) is 21.6. The normalized spacial score (nSPS) is 27.6. The lowest BCUT2D eigenvalue weighted by molar-refractivity contribution is 0.00545. The molecule has 0 radical (unpaired) electrons. The minimum atomic E-state index is -0.440. The number of amides is 1. The van der Waals surface area contributed by atoms with E-state index in [4.69, 9.17) is 4.74 Å². The van der Waals surface area contributed by atoms with Crippen LogP contribution in [0.15, 0.2) is 4.99 Å². The molecule has 7 nitrogen and oxygen atoms in total. The molecule has 8 heteroatoms. The Morgan fingerprint density at radius 1 is 1.10 bits per heavy atom. The first kappa shape index (κ1) is 26.5. The predicted octanol–water partition coefficient (Wildman–Crippen LogP) is 3.82. The van der Waals surface area contributed by atoms with Crippen molar-refractivity contribution >= 4 is 36.0 Å². The fraction of sp³-hybridized carbons (Fsp3) is 0.913. The number of fused-ring (bicyclic) bond motifs is 2. The Kier molecular flexibility index (Phi) is 10.2. The zero-order chi connectivity index (χ0) is 21.7. The summed E-state index contributed by atoms with van der Waals surface area (Å²) in [6.45, 7) is 12.7. The van der Waals surface area contributed by atoms with E-state index in [1.165, 1.54) is 38.9 Å². The van der Waals surface area contributed by atoms with Gasteiger partial charge in [0.15, 0.2) is 5.96 Å². The third-order valence-corrected chi connectivity index (χ3v) is 6.90. The summed E-state index contributed by atoms with van der Waals surface area (Å²) < 4.78 is 5.65. The van der Waals surface area contributed by atoms with Crippen LogP contribution in [0, 0.1) is 5.92 Å². The smallest absolute Gasteiger partial charge is 0.410 e. The molecular formula is C23H44IN5O2. The number of likely N-dealkylation sites (tertiary alicyclic amines) is 1. The second kappa shape index (κ2) is 11.9. The van der Waals surface area contributed by atoms with E-state index in [0.717, 1.165) is 44.1 Å². The summed E-state index contributed by atoms with van der Waals surface area (Å²) >= 11 is 0. The predicted molar refractivity (Wildman–Crippen MR) is 137 cm³/mol. The summed E-state index contributed by atoms with van der Waals surface area (Å²) in [5, 5.41) is 7.14. The lowest BCUT2D eigenvalue weighted by Crippen LogP contribution is -2.55. The fourth-order valence-corrected chi connectivity index (χ4v) is 5.28. The van der Waals surface area contributed by atoms with Crippen molar-refractivity contribution in [1.29, 1.82) is 0 Å². The molecule has 180 valence electrons. The van der Waals surface area contributed by atoms with Gasteiger partial charge < -0.3 is 25.2 Å². The van der Waals surface area contributed by atoms with Crippen molar-refractivity contribution in [2.45, 2.75) is 96.4 Å². The maximum Gasteiger partial charge on any atom is 0.410 e. The van der Waals surface area contributed by atoms with E-state index in [0.29, 0.717) is 6.04 Å². The molecule has 0 aromatic heterocycles. The number of nitrogens with one attached hydrogen (secondary N) is 2. The molecule has 0 aliphatic carbocycles. The van der Waals surface area contributed by atoms with E-state index in [9.17, 15) is 4.79 Å². The standard InChI is InChI=1S/C23H43N5O2.HI/c1-6-27-13-10-17(11-14-27)9-12-25-21(24-5)26-18-15-19-7-8-20(16-18)28(19)22(29)30-23(2,3)4;/h17-20H,6-16H2,1-5H3,(H2,24,25,26);1H. The highest BCUT2D eigenvalue weighted by Crippen LogP contribution is 2.36. The first-order valence-electron chi connectivity index (χ1n) is 12.0. The van der Waals surface area contributed by atoms with Gasteiger partial charge in [-0.3, -0.25) is 4.99 Å². The molecule has 2 unspecified atom stereocenters. The van der Waals surface area contributed by atoms with Gasteiger partial charge in [-0.25, -0.2) is 4.79 Å². The van der Waals surface area contributed by atoms with Gasteiger partial charge in [0, 0.05) is 31.7 Å².